The van der Waals surface area contributed by atoms with Crippen molar-refractivity contribution in [1.29, 1.82) is 0 Å². The molecular formula is C41H68O13. The third kappa shape index (κ3) is 12.9. The lowest BCUT2D eigenvalue weighted by Gasteiger charge is -2.25. The highest BCUT2D eigenvalue weighted by atomic mass is 16.6. The summed E-state index contributed by atoms with van der Waals surface area (Å²) in [6.45, 7) is 14.6. The topological polar surface area (TPSA) is 173 Å². The summed E-state index contributed by atoms with van der Waals surface area (Å²) in [5, 5.41) is 19.2. The number of carboxylic acid groups (broad SMARTS) is 1. The van der Waals surface area contributed by atoms with E-state index < -0.39 is 29.6 Å². The van der Waals surface area contributed by atoms with Gasteiger partial charge in [-0.25, -0.2) is 0 Å². The van der Waals surface area contributed by atoms with Gasteiger partial charge in [0.15, 0.2) is 0 Å². The molecule has 2 N–H and O–H groups in total. The highest BCUT2D eigenvalue weighted by Gasteiger charge is 2.40. The number of carboxylic acids is 1. The van der Waals surface area contributed by atoms with E-state index in [9.17, 15) is 29.4 Å². The monoisotopic (exact) mass is 768 g/mol. The van der Waals surface area contributed by atoms with Crippen LogP contribution in [-0.4, -0.2) is 107 Å². The molecular weight excluding hydrogens is 700 g/mol. The molecule has 13 nitrogen and oxygen atoms in total. The van der Waals surface area contributed by atoms with E-state index in [1.54, 1.807) is 6.92 Å². The van der Waals surface area contributed by atoms with Crippen LogP contribution in [0, 0.1) is 23.7 Å². The molecule has 4 rings (SSSR count). The first-order valence-electron chi connectivity index (χ1n) is 20.7. The molecule has 4 saturated heterocycles. The Kier molecular flexibility index (Phi) is 17.0. The van der Waals surface area contributed by atoms with Gasteiger partial charge in [-0.05, 0) is 113 Å². The molecule has 0 spiro atoms. The van der Waals surface area contributed by atoms with E-state index in [1.165, 1.54) is 0 Å². The molecule has 4 aliphatic rings. The van der Waals surface area contributed by atoms with E-state index in [-0.39, 0.29) is 91.2 Å². The number of hydrogen-bond acceptors (Lipinski definition) is 12. The minimum Gasteiger partial charge on any atom is -0.481 e. The average Bonchev–Trinajstić information content (AvgIpc) is 3.95. The fourth-order valence-corrected chi connectivity index (χ4v) is 8.36. The van der Waals surface area contributed by atoms with E-state index in [1.807, 2.05) is 48.5 Å². The normalized spacial score (nSPS) is 32.9. The van der Waals surface area contributed by atoms with E-state index in [0.29, 0.717) is 51.4 Å². The largest absolute Gasteiger partial charge is 0.481 e. The molecule has 0 aromatic heterocycles. The minimum atomic E-state index is -0.872. The molecule has 0 aromatic rings. The van der Waals surface area contributed by atoms with Crippen molar-refractivity contribution in [2.24, 2.45) is 23.7 Å². The third-order valence-corrected chi connectivity index (χ3v) is 12.0. The maximum absolute atomic E-state index is 13.1. The van der Waals surface area contributed by atoms with Crippen LogP contribution in [0.3, 0.4) is 0 Å². The van der Waals surface area contributed by atoms with E-state index in [4.69, 9.17) is 33.2 Å². The first-order valence-corrected chi connectivity index (χ1v) is 20.7. The lowest BCUT2D eigenvalue weighted by molar-refractivity contribution is -0.161. The van der Waals surface area contributed by atoms with Gasteiger partial charge in [0.05, 0.1) is 78.6 Å². The summed E-state index contributed by atoms with van der Waals surface area (Å²) in [5.74, 6) is -3.69. The van der Waals surface area contributed by atoms with Crippen molar-refractivity contribution in [3.05, 3.63) is 0 Å². The molecule has 54 heavy (non-hydrogen) atoms. The molecule has 4 fully saturated rings. The number of aliphatic carboxylic acids is 1. The molecule has 0 unspecified atom stereocenters. The molecule has 0 amide bonds. The zero-order valence-corrected chi connectivity index (χ0v) is 33.8. The van der Waals surface area contributed by atoms with Crippen molar-refractivity contribution < 1.29 is 62.5 Å². The first kappa shape index (κ1) is 44.4. The van der Waals surface area contributed by atoms with Crippen molar-refractivity contribution in [3.63, 3.8) is 0 Å². The van der Waals surface area contributed by atoms with Crippen molar-refractivity contribution in [1.82, 2.24) is 0 Å². The van der Waals surface area contributed by atoms with Crippen LogP contribution in [0.1, 0.15) is 139 Å². The first-order chi connectivity index (χ1) is 25.5. The van der Waals surface area contributed by atoms with Crippen LogP contribution in [0.15, 0.2) is 0 Å². The predicted octanol–water partition coefficient (Wildman–Crippen LogP) is 5.93. The molecule has 0 aliphatic carbocycles. The SMILES string of the molecule is CC[C@H](O)C[C@@H]1CC[C@H]([C@H](C)C(=O)O[C@H](C)C[C@@H]2CC[C@H]([C@H](C)C(=O)O[C@H](C)C[C@@H]3CC[C@H]([C@H](C)C(=O)O[C@H](C)C[C@@H]4CC[C@@H]([C@@H](C)C(=O)O)O4)O3)O2)O1. The average molecular weight is 769 g/mol. The molecule has 0 saturated carbocycles. The third-order valence-electron chi connectivity index (χ3n) is 12.0. The zero-order chi connectivity index (χ0) is 39.7. The van der Waals surface area contributed by atoms with Crippen LogP contribution in [0.2, 0.25) is 0 Å². The smallest absolute Gasteiger partial charge is 0.311 e. The van der Waals surface area contributed by atoms with Crippen LogP contribution >= 0.6 is 0 Å². The Morgan fingerprint density at radius 1 is 0.500 bits per heavy atom. The number of esters is 3. The molecule has 0 radical (unpaired) electrons. The maximum atomic E-state index is 13.1. The van der Waals surface area contributed by atoms with Crippen LogP contribution in [0.25, 0.3) is 0 Å². The summed E-state index contributed by atoms with van der Waals surface area (Å²) < 4.78 is 41.8. The van der Waals surface area contributed by atoms with Crippen LogP contribution in [0.5, 0.6) is 0 Å². The van der Waals surface area contributed by atoms with E-state index >= 15 is 0 Å². The molecule has 13 heteroatoms. The fraction of sp³-hybridized carbons (Fsp3) is 0.902. The number of carbonyl (C=O) groups is 4. The standard InChI is InChI=1S/C41H68O13/c1-9-29(42)21-33-13-17-37(54-33)28(8)41(47)50-24(4)20-32-12-16-36(53-32)27(7)40(46)49-23(3)19-31-11-15-35(52-31)26(6)39(45)48-22(2)18-30-10-14-34(51-30)25(5)38(43)44/h22-37,42H,9-21H2,1-8H3,(H,43,44)/t22-,23-,24-,25-,26+,27+,28+,29+,30+,31+,32+,33+,34+,35-,36-,37-/m1/s1. The number of aliphatic hydroxyl groups is 1. The summed E-state index contributed by atoms with van der Waals surface area (Å²) in [5.41, 5.74) is 0. The predicted molar refractivity (Wildman–Crippen MR) is 197 cm³/mol. The van der Waals surface area contributed by atoms with Gasteiger partial charge in [0, 0.05) is 19.3 Å². The van der Waals surface area contributed by atoms with Gasteiger partial charge in [-0.3, -0.25) is 19.2 Å². The van der Waals surface area contributed by atoms with Gasteiger partial charge in [-0.15, -0.1) is 0 Å². The van der Waals surface area contributed by atoms with Gasteiger partial charge in [0.1, 0.15) is 18.3 Å². The number of rotatable bonds is 20. The molecule has 310 valence electrons. The van der Waals surface area contributed by atoms with Gasteiger partial charge in [0.25, 0.3) is 0 Å². The van der Waals surface area contributed by atoms with Crippen molar-refractivity contribution >= 4 is 23.9 Å². The number of ether oxygens (including phenoxy) is 7. The Hall–Kier alpha value is -2.32. The molecule has 4 heterocycles. The number of hydrogen-bond donors (Lipinski definition) is 2. The highest BCUT2D eigenvalue weighted by Crippen LogP contribution is 2.34. The van der Waals surface area contributed by atoms with Gasteiger partial charge < -0.3 is 43.4 Å². The van der Waals surface area contributed by atoms with E-state index in [2.05, 4.69) is 0 Å². The minimum absolute atomic E-state index is 0.0273. The van der Waals surface area contributed by atoms with Crippen LogP contribution < -0.4 is 0 Å². The van der Waals surface area contributed by atoms with Gasteiger partial charge in [-0.1, -0.05) is 6.92 Å². The summed E-state index contributed by atoms with van der Waals surface area (Å²) in [6, 6.07) is 0. The Balaban J connectivity index is 1.10. The summed E-state index contributed by atoms with van der Waals surface area (Å²) in [7, 11) is 0. The van der Waals surface area contributed by atoms with Crippen LogP contribution in [-0.2, 0) is 52.3 Å². The molecule has 0 aromatic carbocycles. The van der Waals surface area contributed by atoms with E-state index in [0.717, 1.165) is 32.1 Å². The molecule has 16 atom stereocenters. The van der Waals surface area contributed by atoms with Crippen molar-refractivity contribution in [2.75, 3.05) is 0 Å². The lowest BCUT2D eigenvalue weighted by Crippen LogP contribution is -2.33. The summed E-state index contributed by atoms with van der Waals surface area (Å²) >= 11 is 0. The number of carbonyl (C=O) groups excluding carboxylic acids is 3. The fourth-order valence-electron chi connectivity index (χ4n) is 8.36. The molecule has 4 aliphatic heterocycles. The lowest BCUT2D eigenvalue weighted by atomic mass is 10.0. The zero-order valence-electron chi connectivity index (χ0n) is 33.8. The number of aliphatic hydroxyl groups excluding tert-OH is 1. The Labute approximate surface area is 321 Å². The second-order valence-electron chi connectivity index (χ2n) is 16.7. The van der Waals surface area contributed by atoms with Crippen LogP contribution in [0.4, 0.5) is 0 Å². The summed E-state index contributed by atoms with van der Waals surface area (Å²) in [4.78, 5) is 50.3. The van der Waals surface area contributed by atoms with Gasteiger partial charge >= 0.3 is 23.9 Å². The maximum Gasteiger partial charge on any atom is 0.311 e. The van der Waals surface area contributed by atoms with Gasteiger partial charge in [0.2, 0.25) is 0 Å². The van der Waals surface area contributed by atoms with Crippen molar-refractivity contribution in [3.8, 4) is 0 Å². The summed E-state index contributed by atoms with van der Waals surface area (Å²) in [6.07, 6.45) is 5.80. The quantitative estimate of drug-likeness (QED) is 0.110. The molecule has 0 bridgehead atoms. The van der Waals surface area contributed by atoms with Gasteiger partial charge in [-0.2, -0.15) is 0 Å². The Bertz CT molecular complexity index is 1230. The Morgan fingerprint density at radius 3 is 1.06 bits per heavy atom. The highest BCUT2D eigenvalue weighted by molar-refractivity contribution is 5.74. The second-order valence-corrected chi connectivity index (χ2v) is 16.7. The Morgan fingerprint density at radius 2 is 0.778 bits per heavy atom. The van der Waals surface area contributed by atoms with Crippen molar-refractivity contribution in [2.45, 2.75) is 212 Å². The second kappa shape index (κ2) is 20.7.